The van der Waals surface area contributed by atoms with Crippen molar-refractivity contribution in [3.05, 3.63) is 48.3 Å². The molecule has 1 aliphatic rings. The first-order valence-electron chi connectivity index (χ1n) is 9.83. The highest BCUT2D eigenvalue weighted by molar-refractivity contribution is 5.95. The maximum Gasteiger partial charge on any atom is 0.412 e. The summed E-state index contributed by atoms with van der Waals surface area (Å²) in [4.78, 5) is 51.8. The third-order valence-corrected chi connectivity index (χ3v) is 4.75. The normalized spacial score (nSPS) is 18.6. The molecule has 31 heavy (non-hydrogen) atoms. The number of esters is 2. The second kappa shape index (κ2) is 9.63. The Hall–Kier alpha value is -3.36. The van der Waals surface area contributed by atoms with Crippen molar-refractivity contribution in [2.45, 2.75) is 51.2 Å². The molecular weight excluding hydrogens is 404 g/mol. The van der Waals surface area contributed by atoms with Gasteiger partial charge in [-0.15, -0.1) is 0 Å². The lowest BCUT2D eigenvalue weighted by Crippen LogP contribution is -2.63. The molecule has 0 saturated carbocycles. The van der Waals surface area contributed by atoms with Crippen LogP contribution in [-0.2, 0) is 30.3 Å². The van der Waals surface area contributed by atoms with E-state index in [0.717, 1.165) is 9.80 Å². The van der Waals surface area contributed by atoms with E-state index in [9.17, 15) is 24.3 Å². The summed E-state index contributed by atoms with van der Waals surface area (Å²) < 4.78 is 9.99. The first-order chi connectivity index (χ1) is 14.5. The highest BCUT2D eigenvalue weighted by Crippen LogP contribution is 2.33. The van der Waals surface area contributed by atoms with Gasteiger partial charge in [0.15, 0.2) is 0 Å². The number of hydrogen-bond donors (Lipinski definition) is 1. The number of hydrogen-bond acceptors (Lipinski definition) is 6. The molecule has 2 rings (SSSR count). The molecule has 9 heteroatoms. The fourth-order valence-electron chi connectivity index (χ4n) is 3.43. The van der Waals surface area contributed by atoms with Crippen molar-refractivity contribution in [3.63, 3.8) is 0 Å². The number of carbonyl (C=O) groups is 4. The zero-order valence-electron chi connectivity index (χ0n) is 18.2. The molecule has 1 aromatic rings. The molecule has 0 unspecified atom stereocenters. The maximum absolute atomic E-state index is 13.6. The first kappa shape index (κ1) is 23.9. The van der Waals surface area contributed by atoms with Gasteiger partial charge >= 0.3 is 18.0 Å². The van der Waals surface area contributed by atoms with Crippen LogP contribution in [0.3, 0.4) is 0 Å². The molecule has 1 N–H and O–H groups in total. The fourth-order valence-corrected chi connectivity index (χ4v) is 3.43. The second-order valence-corrected chi connectivity index (χ2v) is 8.24. The summed E-state index contributed by atoms with van der Waals surface area (Å²) in [6, 6.07) is 8.89. The molecule has 0 radical (unpaired) electrons. The van der Waals surface area contributed by atoms with Gasteiger partial charge in [0, 0.05) is 25.2 Å². The van der Waals surface area contributed by atoms with E-state index < -0.39 is 35.1 Å². The summed E-state index contributed by atoms with van der Waals surface area (Å²) in [5.74, 6) is -1.81. The van der Waals surface area contributed by atoms with Gasteiger partial charge in [-0.2, -0.15) is 0 Å². The van der Waals surface area contributed by atoms with E-state index in [2.05, 4.69) is 0 Å². The predicted molar refractivity (Wildman–Crippen MR) is 111 cm³/mol. The van der Waals surface area contributed by atoms with E-state index in [1.165, 1.54) is 19.5 Å². The molecule has 0 aliphatic carbocycles. The van der Waals surface area contributed by atoms with Crippen molar-refractivity contribution in [1.29, 1.82) is 0 Å². The summed E-state index contributed by atoms with van der Waals surface area (Å²) in [5, 5.41) is 9.81. The van der Waals surface area contributed by atoms with Crippen molar-refractivity contribution in [3.8, 4) is 0 Å². The van der Waals surface area contributed by atoms with Crippen molar-refractivity contribution in [2.24, 2.45) is 0 Å². The third kappa shape index (κ3) is 6.07. The summed E-state index contributed by atoms with van der Waals surface area (Å²) in [6.45, 7) is 4.75. The smallest absolute Gasteiger partial charge is 0.412 e. The van der Waals surface area contributed by atoms with Crippen LogP contribution in [0.1, 0.15) is 39.2 Å². The summed E-state index contributed by atoms with van der Waals surface area (Å²) in [5.41, 5.74) is -1.66. The number of methoxy groups -OCH3 is 1. The molecule has 0 spiro atoms. The second-order valence-electron chi connectivity index (χ2n) is 8.24. The molecule has 0 saturated heterocycles. The molecule has 1 heterocycles. The van der Waals surface area contributed by atoms with E-state index in [-0.39, 0.29) is 25.8 Å². The van der Waals surface area contributed by atoms with Crippen LogP contribution in [-0.4, -0.2) is 63.6 Å². The van der Waals surface area contributed by atoms with Gasteiger partial charge in [-0.25, -0.2) is 4.79 Å². The third-order valence-electron chi connectivity index (χ3n) is 4.75. The monoisotopic (exact) mass is 432 g/mol. The number of carbonyl (C=O) groups excluding carboxylic acids is 3. The average Bonchev–Trinajstić information content (AvgIpc) is 2.68. The fraction of sp³-hybridized carbons (Fsp3) is 0.455. The number of ether oxygens (including phenoxy) is 2. The van der Waals surface area contributed by atoms with Crippen molar-refractivity contribution in [2.75, 3.05) is 13.7 Å². The van der Waals surface area contributed by atoms with Gasteiger partial charge in [0.2, 0.25) is 0 Å². The zero-order valence-corrected chi connectivity index (χ0v) is 18.2. The minimum atomic E-state index is -1.63. The van der Waals surface area contributed by atoms with Gasteiger partial charge in [0.25, 0.3) is 5.91 Å². The van der Waals surface area contributed by atoms with Gasteiger partial charge in [0.05, 0.1) is 7.11 Å². The lowest BCUT2D eigenvalue weighted by atomic mass is 9.82. The molecule has 9 nitrogen and oxygen atoms in total. The number of benzene rings is 1. The van der Waals surface area contributed by atoms with Crippen LogP contribution in [0.2, 0.25) is 0 Å². The Morgan fingerprint density at radius 1 is 1.06 bits per heavy atom. The Morgan fingerprint density at radius 2 is 1.71 bits per heavy atom. The minimum Gasteiger partial charge on any atom is -0.469 e. The van der Waals surface area contributed by atoms with Crippen LogP contribution in [0.4, 0.5) is 4.79 Å². The largest absolute Gasteiger partial charge is 0.469 e. The van der Waals surface area contributed by atoms with Crippen molar-refractivity contribution < 1.29 is 33.8 Å². The molecule has 0 fully saturated rings. The Morgan fingerprint density at radius 3 is 2.26 bits per heavy atom. The van der Waals surface area contributed by atoms with E-state index in [1.54, 1.807) is 51.1 Å². The van der Waals surface area contributed by atoms with E-state index in [4.69, 9.17) is 9.47 Å². The van der Waals surface area contributed by atoms with Crippen molar-refractivity contribution >= 4 is 23.9 Å². The standard InChI is InChI=1S/C22H28N2O7/c1-21(2,3)31-18(26)15-23-12-13-24(20(28)29)22(19(23)27,11-10-17(25)30-4)14-16-8-6-5-7-9-16/h5-9,12-13H,10-11,14-15H2,1-4H3,(H,28,29)/t22-/m1/s1. The Balaban J connectivity index is 2.44. The molecule has 1 aromatic carbocycles. The molecule has 2 amide bonds. The summed E-state index contributed by atoms with van der Waals surface area (Å²) >= 11 is 0. The van der Waals surface area contributed by atoms with Crippen LogP contribution < -0.4 is 0 Å². The van der Waals surface area contributed by atoms with Crippen LogP contribution in [0.25, 0.3) is 0 Å². The van der Waals surface area contributed by atoms with Crippen LogP contribution in [0, 0.1) is 0 Å². The number of rotatable bonds is 7. The summed E-state index contributed by atoms with van der Waals surface area (Å²) in [6.07, 6.45) is 0.852. The van der Waals surface area contributed by atoms with Gasteiger partial charge < -0.3 is 19.5 Å². The molecule has 0 bridgehead atoms. The van der Waals surface area contributed by atoms with Gasteiger partial charge in [-0.05, 0) is 32.8 Å². The predicted octanol–water partition coefficient (Wildman–Crippen LogP) is 2.56. The highest BCUT2D eigenvalue weighted by Gasteiger charge is 2.50. The average molecular weight is 432 g/mol. The topological polar surface area (TPSA) is 113 Å². The van der Waals surface area contributed by atoms with E-state index in [1.807, 2.05) is 0 Å². The maximum atomic E-state index is 13.6. The lowest BCUT2D eigenvalue weighted by Gasteiger charge is -2.44. The quantitative estimate of drug-likeness (QED) is 0.659. The van der Waals surface area contributed by atoms with Crippen molar-refractivity contribution in [1.82, 2.24) is 9.80 Å². The number of amides is 2. The molecule has 0 aromatic heterocycles. The molecule has 168 valence electrons. The first-order valence-corrected chi connectivity index (χ1v) is 9.83. The molecule has 1 atom stereocenters. The Bertz CT molecular complexity index is 860. The zero-order chi connectivity index (χ0) is 23.2. The summed E-state index contributed by atoms with van der Waals surface area (Å²) in [7, 11) is 1.22. The van der Waals surface area contributed by atoms with Gasteiger partial charge in [-0.3, -0.25) is 19.3 Å². The molecular formula is C22H28N2O7. The van der Waals surface area contributed by atoms with Crippen LogP contribution in [0.15, 0.2) is 42.7 Å². The van der Waals surface area contributed by atoms with E-state index >= 15 is 0 Å². The van der Waals surface area contributed by atoms with Crippen LogP contribution >= 0.6 is 0 Å². The lowest BCUT2D eigenvalue weighted by molar-refractivity contribution is -0.160. The Labute approximate surface area is 181 Å². The SMILES string of the molecule is COC(=O)CC[C@@]1(Cc2ccccc2)C(=O)N(CC(=O)OC(C)(C)C)C=CN1C(=O)O. The number of nitrogens with zero attached hydrogens (tertiary/aromatic N) is 2. The Kier molecular flexibility index (Phi) is 7.43. The van der Waals surface area contributed by atoms with Gasteiger partial charge in [0.1, 0.15) is 17.7 Å². The minimum absolute atomic E-state index is 0.0190. The number of carboxylic acid groups (broad SMARTS) is 1. The highest BCUT2D eigenvalue weighted by atomic mass is 16.6. The van der Waals surface area contributed by atoms with E-state index in [0.29, 0.717) is 5.56 Å². The van der Waals surface area contributed by atoms with Crippen LogP contribution in [0.5, 0.6) is 0 Å². The van der Waals surface area contributed by atoms with Gasteiger partial charge in [-0.1, -0.05) is 30.3 Å². The molecule has 1 aliphatic heterocycles.